The highest BCUT2D eigenvalue weighted by Crippen LogP contribution is 2.58. The van der Waals surface area contributed by atoms with Gasteiger partial charge >= 0.3 is 5.97 Å². The molecule has 0 spiro atoms. The Hall–Kier alpha value is -1.43. The topological polar surface area (TPSA) is 79.3 Å². The fourth-order valence-electron chi connectivity index (χ4n) is 2.37. The molecule has 1 aromatic rings. The molecule has 1 saturated carbocycles. The first-order valence-electron chi connectivity index (χ1n) is 5.82. The maximum atomic E-state index is 11.9. The highest BCUT2D eigenvalue weighted by Gasteiger charge is 2.65. The molecule has 1 amide bonds. The molecule has 2 rings (SSSR count). The van der Waals surface area contributed by atoms with Crippen molar-refractivity contribution in [3.63, 3.8) is 0 Å². The van der Waals surface area contributed by atoms with Crippen molar-refractivity contribution in [3.8, 4) is 0 Å². The second-order valence-corrected chi connectivity index (χ2v) is 5.85. The zero-order chi connectivity index (χ0) is 13.3. The van der Waals surface area contributed by atoms with Crippen LogP contribution in [0.4, 0.5) is 0 Å². The lowest BCUT2D eigenvalue weighted by atomic mass is 10.1. The lowest BCUT2D eigenvalue weighted by molar-refractivity contribution is -0.140. The fraction of sp³-hybridized carbons (Fsp3) is 0.583. The molecule has 2 N–H and O–H groups in total. The number of nitrogens with zero attached hydrogens (tertiary/aromatic N) is 1. The summed E-state index contributed by atoms with van der Waals surface area (Å²) in [6.45, 7) is 4.13. The number of thiazole rings is 1. The van der Waals surface area contributed by atoms with Gasteiger partial charge in [-0.05, 0) is 5.41 Å². The van der Waals surface area contributed by atoms with Gasteiger partial charge in [-0.25, -0.2) is 4.98 Å². The zero-order valence-corrected chi connectivity index (χ0v) is 11.2. The molecule has 1 aromatic heterocycles. The number of carbonyl (C=O) groups is 2. The summed E-state index contributed by atoms with van der Waals surface area (Å²) in [5, 5.41) is 13.7. The summed E-state index contributed by atoms with van der Waals surface area (Å²) < 4.78 is 0. The van der Waals surface area contributed by atoms with Crippen LogP contribution in [0.5, 0.6) is 0 Å². The molecule has 1 aliphatic carbocycles. The minimum atomic E-state index is -0.889. The molecule has 0 bridgehead atoms. The number of carboxylic acids is 1. The largest absolute Gasteiger partial charge is 0.481 e. The number of aliphatic carboxylic acids is 1. The first kappa shape index (κ1) is 13.0. The van der Waals surface area contributed by atoms with Crippen LogP contribution in [0.1, 0.15) is 19.5 Å². The maximum absolute atomic E-state index is 11.9. The molecule has 0 saturated heterocycles. The fourth-order valence-corrected chi connectivity index (χ4v) is 2.97. The van der Waals surface area contributed by atoms with Gasteiger partial charge in [0.1, 0.15) is 0 Å². The third-order valence-corrected chi connectivity index (χ3v) is 4.17. The Kier molecular flexibility index (Phi) is 3.38. The summed E-state index contributed by atoms with van der Waals surface area (Å²) in [5.41, 5.74) is 2.27. The average Bonchev–Trinajstić information content (AvgIpc) is 2.65. The lowest BCUT2D eigenvalue weighted by Gasteiger charge is -2.04. The van der Waals surface area contributed by atoms with E-state index in [2.05, 4.69) is 10.3 Å². The molecule has 98 valence electrons. The Balaban J connectivity index is 1.81. The smallest absolute Gasteiger partial charge is 0.307 e. The molecule has 2 unspecified atom stereocenters. The van der Waals surface area contributed by atoms with Gasteiger partial charge in [-0.15, -0.1) is 11.3 Å². The van der Waals surface area contributed by atoms with Crippen LogP contribution in [-0.4, -0.2) is 28.5 Å². The van der Waals surface area contributed by atoms with E-state index in [4.69, 9.17) is 5.11 Å². The first-order chi connectivity index (χ1) is 8.44. The summed E-state index contributed by atoms with van der Waals surface area (Å²) in [7, 11) is 0. The van der Waals surface area contributed by atoms with Gasteiger partial charge in [-0.3, -0.25) is 9.59 Å². The number of rotatable bonds is 5. The van der Waals surface area contributed by atoms with Gasteiger partial charge in [0.2, 0.25) is 5.91 Å². The van der Waals surface area contributed by atoms with Crippen molar-refractivity contribution in [2.45, 2.75) is 20.3 Å². The van der Waals surface area contributed by atoms with Crippen molar-refractivity contribution in [2.24, 2.45) is 17.3 Å². The molecule has 0 aliphatic heterocycles. The van der Waals surface area contributed by atoms with E-state index in [9.17, 15) is 9.59 Å². The van der Waals surface area contributed by atoms with Crippen LogP contribution >= 0.6 is 11.3 Å². The van der Waals surface area contributed by atoms with E-state index in [-0.39, 0.29) is 5.91 Å². The Morgan fingerprint density at radius 1 is 1.50 bits per heavy atom. The molecule has 0 radical (unpaired) electrons. The van der Waals surface area contributed by atoms with E-state index in [0.29, 0.717) is 13.0 Å². The van der Waals surface area contributed by atoms with Crippen LogP contribution in [-0.2, 0) is 16.0 Å². The summed E-state index contributed by atoms with van der Waals surface area (Å²) in [5.74, 6) is -2.02. The van der Waals surface area contributed by atoms with Crippen LogP contribution in [0.25, 0.3) is 0 Å². The number of hydrogen-bond acceptors (Lipinski definition) is 4. The van der Waals surface area contributed by atoms with E-state index in [1.165, 1.54) is 11.3 Å². The molecule has 1 aliphatic rings. The summed E-state index contributed by atoms with van der Waals surface area (Å²) in [6, 6.07) is 0. The molecule has 1 heterocycles. The van der Waals surface area contributed by atoms with Crippen molar-refractivity contribution in [3.05, 3.63) is 16.6 Å². The van der Waals surface area contributed by atoms with Crippen LogP contribution in [0.15, 0.2) is 10.9 Å². The van der Waals surface area contributed by atoms with Gasteiger partial charge in [0.25, 0.3) is 0 Å². The van der Waals surface area contributed by atoms with E-state index in [1.54, 1.807) is 5.51 Å². The molecule has 5 nitrogen and oxygen atoms in total. The van der Waals surface area contributed by atoms with E-state index >= 15 is 0 Å². The molecule has 6 heteroatoms. The number of carboxylic acid groups (broad SMARTS) is 1. The van der Waals surface area contributed by atoms with Gasteiger partial charge in [-0.2, -0.15) is 0 Å². The third-order valence-electron chi connectivity index (χ3n) is 3.54. The van der Waals surface area contributed by atoms with Crippen molar-refractivity contribution in [2.75, 3.05) is 6.54 Å². The van der Waals surface area contributed by atoms with Crippen LogP contribution < -0.4 is 5.32 Å². The Labute approximate surface area is 109 Å². The molecule has 1 fully saturated rings. The SMILES string of the molecule is CC1(C)C(C(=O)O)C1C(=O)NCCc1cscn1. The molecular formula is C12H16N2O3S. The summed E-state index contributed by atoms with van der Waals surface area (Å²) in [6.07, 6.45) is 0.681. The van der Waals surface area contributed by atoms with Crippen molar-refractivity contribution < 1.29 is 14.7 Å². The van der Waals surface area contributed by atoms with Gasteiger partial charge in [0.15, 0.2) is 0 Å². The monoisotopic (exact) mass is 268 g/mol. The van der Waals surface area contributed by atoms with Crippen LogP contribution in [0, 0.1) is 17.3 Å². The lowest BCUT2D eigenvalue weighted by Crippen LogP contribution is -2.29. The molecule has 0 aromatic carbocycles. The van der Waals surface area contributed by atoms with E-state index in [0.717, 1.165) is 5.69 Å². The number of amides is 1. The predicted molar refractivity (Wildman–Crippen MR) is 67.2 cm³/mol. The van der Waals surface area contributed by atoms with Crippen LogP contribution in [0.2, 0.25) is 0 Å². The van der Waals surface area contributed by atoms with Crippen molar-refractivity contribution in [1.29, 1.82) is 0 Å². The number of aromatic nitrogens is 1. The minimum absolute atomic E-state index is 0.164. The Morgan fingerprint density at radius 3 is 2.72 bits per heavy atom. The first-order valence-corrected chi connectivity index (χ1v) is 6.76. The second-order valence-electron chi connectivity index (χ2n) is 5.14. The quantitative estimate of drug-likeness (QED) is 0.840. The molecular weight excluding hydrogens is 252 g/mol. The molecule has 18 heavy (non-hydrogen) atoms. The van der Waals surface area contributed by atoms with E-state index < -0.39 is 23.2 Å². The normalized spacial score (nSPS) is 24.6. The second kappa shape index (κ2) is 4.68. The van der Waals surface area contributed by atoms with Crippen molar-refractivity contribution >= 4 is 23.2 Å². The standard InChI is InChI=1S/C12H16N2O3S/c1-12(2)8(9(12)11(16)17)10(15)13-4-3-7-5-18-6-14-7/h5-6,8-9H,3-4H2,1-2H3,(H,13,15)(H,16,17). The Bertz CT molecular complexity index is 456. The third kappa shape index (κ3) is 2.38. The van der Waals surface area contributed by atoms with Crippen LogP contribution in [0.3, 0.4) is 0 Å². The highest BCUT2D eigenvalue weighted by atomic mass is 32.1. The minimum Gasteiger partial charge on any atom is -0.481 e. The van der Waals surface area contributed by atoms with Gasteiger partial charge in [-0.1, -0.05) is 13.8 Å². The van der Waals surface area contributed by atoms with Gasteiger partial charge in [0, 0.05) is 18.3 Å². The maximum Gasteiger partial charge on any atom is 0.307 e. The number of hydrogen-bond donors (Lipinski definition) is 2. The van der Waals surface area contributed by atoms with Gasteiger partial charge in [0.05, 0.1) is 23.0 Å². The van der Waals surface area contributed by atoms with E-state index in [1.807, 2.05) is 19.2 Å². The summed E-state index contributed by atoms with van der Waals surface area (Å²) >= 11 is 1.52. The molecule has 2 atom stereocenters. The summed E-state index contributed by atoms with van der Waals surface area (Å²) in [4.78, 5) is 27.0. The average molecular weight is 268 g/mol. The predicted octanol–water partition coefficient (Wildman–Crippen LogP) is 1.16. The zero-order valence-electron chi connectivity index (χ0n) is 10.3. The van der Waals surface area contributed by atoms with Crippen molar-refractivity contribution in [1.82, 2.24) is 10.3 Å². The number of nitrogens with one attached hydrogen (secondary N) is 1. The van der Waals surface area contributed by atoms with Gasteiger partial charge < -0.3 is 10.4 Å². The Morgan fingerprint density at radius 2 is 2.22 bits per heavy atom. The number of carbonyl (C=O) groups excluding carboxylic acids is 1. The highest BCUT2D eigenvalue weighted by molar-refractivity contribution is 7.07.